The molecule has 0 aliphatic rings. The van der Waals surface area contributed by atoms with Gasteiger partial charge in [-0.25, -0.2) is 0 Å². The van der Waals surface area contributed by atoms with Gasteiger partial charge in [0.25, 0.3) is 0 Å². The Morgan fingerprint density at radius 1 is 0.179 bits per heavy atom. The first-order valence-corrected chi connectivity index (χ1v) is 23.9. The van der Waals surface area contributed by atoms with Gasteiger partial charge in [-0.3, -0.25) is 0 Å². The van der Waals surface area contributed by atoms with Crippen molar-refractivity contribution in [2.24, 2.45) is 0 Å². The number of benzene rings is 12. The molecular formula is C66H42S. The predicted molar refractivity (Wildman–Crippen MR) is 290 cm³/mol. The molecule has 0 atom stereocenters. The molecule has 13 aromatic rings. The normalized spacial score (nSPS) is 11.6. The highest BCUT2D eigenvalue weighted by Gasteiger charge is 2.15. The van der Waals surface area contributed by atoms with Crippen LogP contribution in [-0.2, 0) is 0 Å². The van der Waals surface area contributed by atoms with Gasteiger partial charge in [-0.15, -0.1) is 11.3 Å². The van der Waals surface area contributed by atoms with Crippen molar-refractivity contribution in [1.29, 1.82) is 0 Å². The third-order valence-corrected chi connectivity index (χ3v) is 14.8. The Kier molecular flexibility index (Phi) is 9.48. The molecule has 0 aliphatic carbocycles. The lowest BCUT2D eigenvalue weighted by Gasteiger charge is -2.14. The van der Waals surface area contributed by atoms with Crippen LogP contribution in [0.25, 0.3) is 130 Å². The van der Waals surface area contributed by atoms with E-state index in [0.29, 0.717) is 0 Å². The molecule has 0 bridgehead atoms. The quantitative estimate of drug-likeness (QED) is 0.140. The Balaban J connectivity index is 0.873. The fourth-order valence-electron chi connectivity index (χ4n) is 10.3. The van der Waals surface area contributed by atoms with Crippen LogP contribution in [0.4, 0.5) is 0 Å². The first kappa shape index (κ1) is 39.0. The number of thiophene rings is 1. The summed E-state index contributed by atoms with van der Waals surface area (Å²) >= 11 is 1.89. The van der Waals surface area contributed by atoms with E-state index < -0.39 is 0 Å². The van der Waals surface area contributed by atoms with Crippen LogP contribution in [0.2, 0.25) is 0 Å². The van der Waals surface area contributed by atoms with Gasteiger partial charge in [0.05, 0.1) is 0 Å². The van der Waals surface area contributed by atoms with Crippen LogP contribution in [0.15, 0.2) is 255 Å². The molecule has 12 aromatic carbocycles. The molecule has 312 valence electrons. The van der Waals surface area contributed by atoms with Gasteiger partial charge >= 0.3 is 0 Å². The average molecular weight is 867 g/mol. The summed E-state index contributed by atoms with van der Waals surface area (Å²) in [7, 11) is 0. The molecule has 0 amide bonds. The van der Waals surface area contributed by atoms with Crippen molar-refractivity contribution in [2.75, 3.05) is 0 Å². The van der Waals surface area contributed by atoms with Crippen LogP contribution >= 0.6 is 11.3 Å². The second-order valence-corrected chi connectivity index (χ2v) is 18.7. The minimum absolute atomic E-state index is 1.19. The van der Waals surface area contributed by atoms with Crippen molar-refractivity contribution in [2.45, 2.75) is 0 Å². The van der Waals surface area contributed by atoms with Crippen LogP contribution < -0.4 is 0 Å². The molecule has 1 heterocycles. The van der Waals surface area contributed by atoms with Crippen LogP contribution in [0.3, 0.4) is 0 Å². The molecule has 1 heteroatoms. The predicted octanol–water partition coefficient (Wildman–Crippen LogP) is 19.2. The molecule has 0 nitrogen and oxygen atoms in total. The summed E-state index contributed by atoms with van der Waals surface area (Å²) in [5, 5.41) is 10.4. The average Bonchev–Trinajstić information content (AvgIpc) is 3.80. The summed E-state index contributed by atoms with van der Waals surface area (Å²) < 4.78 is 2.65. The lowest BCUT2D eigenvalue weighted by atomic mass is 9.90. The number of hydrogen-bond donors (Lipinski definition) is 0. The standard InChI is InChI=1S/C66H42S/c1-3-15-43(16-4-1)53-38-54(40-55(39-53)50-24-13-22-48(37-50)51-31-33-61-59-27-8-7-25-57(59)58-26-9-10-28-60(58)63(61)41-51)49-23-12-20-46(36-49)45-19-11-21-47(35-45)52-32-34-65-64(42-52)62-30-14-29-56(66(62)67-65)44-17-5-2-6-18-44/h1-42H. The zero-order chi connectivity index (χ0) is 44.3. The molecule has 0 saturated heterocycles. The molecule has 0 unspecified atom stereocenters. The highest BCUT2D eigenvalue weighted by atomic mass is 32.1. The van der Waals surface area contributed by atoms with Gasteiger partial charge in [-0.05, 0) is 165 Å². The largest absolute Gasteiger partial charge is 0.135 e. The molecule has 0 spiro atoms. The molecule has 0 fully saturated rings. The summed E-state index contributed by atoms with van der Waals surface area (Å²) in [5.41, 5.74) is 16.9. The lowest BCUT2D eigenvalue weighted by molar-refractivity contribution is 1.55. The van der Waals surface area contributed by atoms with Gasteiger partial charge in [0, 0.05) is 20.2 Å². The van der Waals surface area contributed by atoms with Crippen molar-refractivity contribution in [3.05, 3.63) is 255 Å². The van der Waals surface area contributed by atoms with E-state index in [-0.39, 0.29) is 0 Å². The molecule has 67 heavy (non-hydrogen) atoms. The zero-order valence-electron chi connectivity index (χ0n) is 36.7. The molecule has 1 aromatic heterocycles. The van der Waals surface area contributed by atoms with Gasteiger partial charge in [-0.2, -0.15) is 0 Å². The van der Waals surface area contributed by atoms with Gasteiger partial charge in [0.15, 0.2) is 0 Å². The maximum atomic E-state index is 2.39. The first-order valence-electron chi connectivity index (χ1n) is 23.1. The van der Waals surface area contributed by atoms with E-state index >= 15 is 0 Å². The van der Waals surface area contributed by atoms with E-state index in [9.17, 15) is 0 Å². The van der Waals surface area contributed by atoms with Crippen LogP contribution in [-0.4, -0.2) is 0 Å². The summed E-state index contributed by atoms with van der Waals surface area (Å²) in [6, 6.07) is 94.0. The molecule has 0 radical (unpaired) electrons. The zero-order valence-corrected chi connectivity index (χ0v) is 37.5. The fraction of sp³-hybridized carbons (Fsp3) is 0. The van der Waals surface area contributed by atoms with Crippen LogP contribution in [0, 0.1) is 0 Å². The second-order valence-electron chi connectivity index (χ2n) is 17.6. The molecule has 0 aliphatic heterocycles. The third-order valence-electron chi connectivity index (χ3n) is 13.6. The van der Waals surface area contributed by atoms with E-state index in [1.54, 1.807) is 0 Å². The molecule has 0 saturated carbocycles. The Labute approximate surface area is 394 Å². The highest BCUT2D eigenvalue weighted by Crippen LogP contribution is 2.43. The van der Waals surface area contributed by atoms with Crippen molar-refractivity contribution >= 4 is 63.8 Å². The van der Waals surface area contributed by atoms with Crippen LogP contribution in [0.5, 0.6) is 0 Å². The number of hydrogen-bond acceptors (Lipinski definition) is 1. The van der Waals surface area contributed by atoms with Crippen molar-refractivity contribution in [3.63, 3.8) is 0 Å². The monoisotopic (exact) mass is 866 g/mol. The fourth-order valence-corrected chi connectivity index (χ4v) is 11.5. The SMILES string of the molecule is c1ccc(-c2cc(-c3cccc(-c4cccc(-c5ccc6sc7c(-c8ccccc8)cccc7c6c5)c4)c3)cc(-c3cccc(-c4ccc5c6ccccc6c6ccccc6c5c4)c3)c2)cc1. The summed E-state index contributed by atoms with van der Waals surface area (Å²) in [4.78, 5) is 0. The van der Waals surface area contributed by atoms with E-state index in [1.807, 2.05) is 11.3 Å². The van der Waals surface area contributed by atoms with Gasteiger partial charge in [0.2, 0.25) is 0 Å². The summed E-state index contributed by atoms with van der Waals surface area (Å²) in [5.74, 6) is 0. The maximum Gasteiger partial charge on any atom is 0.0433 e. The first-order chi connectivity index (χ1) is 33.2. The van der Waals surface area contributed by atoms with E-state index in [2.05, 4.69) is 255 Å². The smallest absolute Gasteiger partial charge is 0.0433 e. The molecule has 13 rings (SSSR count). The Morgan fingerprint density at radius 2 is 0.522 bits per heavy atom. The van der Waals surface area contributed by atoms with Gasteiger partial charge in [-0.1, -0.05) is 200 Å². The van der Waals surface area contributed by atoms with Crippen molar-refractivity contribution in [3.8, 4) is 77.9 Å². The minimum atomic E-state index is 1.19. The van der Waals surface area contributed by atoms with Crippen LogP contribution in [0.1, 0.15) is 0 Å². The van der Waals surface area contributed by atoms with Crippen molar-refractivity contribution in [1.82, 2.24) is 0 Å². The summed E-state index contributed by atoms with van der Waals surface area (Å²) in [6.45, 7) is 0. The minimum Gasteiger partial charge on any atom is -0.135 e. The van der Waals surface area contributed by atoms with E-state index in [0.717, 1.165) is 0 Å². The molecular weight excluding hydrogens is 825 g/mol. The number of fused-ring (bicyclic) bond motifs is 9. The Hall–Kier alpha value is -8.36. The summed E-state index contributed by atoms with van der Waals surface area (Å²) in [6.07, 6.45) is 0. The Bertz CT molecular complexity index is 3990. The maximum absolute atomic E-state index is 2.39. The molecule has 0 N–H and O–H groups in total. The number of rotatable bonds is 7. The lowest BCUT2D eigenvalue weighted by Crippen LogP contribution is -1.88. The highest BCUT2D eigenvalue weighted by molar-refractivity contribution is 7.26. The van der Waals surface area contributed by atoms with Gasteiger partial charge < -0.3 is 0 Å². The van der Waals surface area contributed by atoms with Gasteiger partial charge in [0.1, 0.15) is 0 Å². The topological polar surface area (TPSA) is 0 Å². The van der Waals surface area contributed by atoms with E-state index in [1.165, 1.54) is 130 Å². The van der Waals surface area contributed by atoms with E-state index in [4.69, 9.17) is 0 Å². The third kappa shape index (κ3) is 7.00. The second kappa shape index (κ2) is 16.3. The van der Waals surface area contributed by atoms with Crippen molar-refractivity contribution < 1.29 is 0 Å². The Morgan fingerprint density at radius 3 is 1.06 bits per heavy atom.